The van der Waals surface area contributed by atoms with Crippen molar-refractivity contribution < 1.29 is 37.0 Å². The molecule has 1 heterocycles. The number of nitrogens with one attached hydrogen (secondary N) is 1. The molecule has 1 fully saturated rings. The van der Waals surface area contributed by atoms with E-state index in [1.165, 1.54) is 32.4 Å². The lowest BCUT2D eigenvalue weighted by molar-refractivity contribution is -0.137. The lowest BCUT2D eigenvalue weighted by atomic mass is 10.1. The summed E-state index contributed by atoms with van der Waals surface area (Å²) >= 11 is 12.8. The smallest absolute Gasteiger partial charge is 0.416 e. The molecule has 3 amide bonds. The molecule has 1 saturated heterocycles. The zero-order valence-electron chi connectivity index (χ0n) is 17.5. The molecule has 13 heteroatoms. The zero-order valence-corrected chi connectivity index (χ0v) is 19.8. The Labute approximate surface area is 205 Å². The average molecular weight is 535 g/mol. The van der Waals surface area contributed by atoms with E-state index < -0.39 is 35.3 Å². The van der Waals surface area contributed by atoms with Gasteiger partial charge in [0.25, 0.3) is 11.1 Å². The molecule has 3 rings (SSSR count). The van der Waals surface area contributed by atoms with Crippen molar-refractivity contribution in [3.63, 3.8) is 0 Å². The molecule has 7 nitrogen and oxygen atoms in total. The van der Waals surface area contributed by atoms with Crippen molar-refractivity contribution in [3.8, 4) is 11.5 Å². The maximum Gasteiger partial charge on any atom is 0.416 e. The highest BCUT2D eigenvalue weighted by atomic mass is 35.5. The number of imide groups is 1. The lowest BCUT2D eigenvalue weighted by Crippen LogP contribution is -2.36. The molecule has 1 N–H and O–H groups in total. The van der Waals surface area contributed by atoms with Gasteiger partial charge in [-0.05, 0) is 53.7 Å². The van der Waals surface area contributed by atoms with Gasteiger partial charge in [0.2, 0.25) is 5.91 Å². The first kappa shape index (κ1) is 25.7. The number of hydrogen-bond acceptors (Lipinski definition) is 6. The Balaban J connectivity index is 1.77. The summed E-state index contributed by atoms with van der Waals surface area (Å²) in [5.41, 5.74) is -0.846. The lowest BCUT2D eigenvalue weighted by Gasteiger charge is -2.16. The Hall–Kier alpha value is -2.89. The van der Waals surface area contributed by atoms with E-state index in [-0.39, 0.29) is 32.1 Å². The first-order valence-electron chi connectivity index (χ1n) is 9.28. The van der Waals surface area contributed by atoms with Gasteiger partial charge in [-0.1, -0.05) is 23.2 Å². The molecule has 0 radical (unpaired) electrons. The van der Waals surface area contributed by atoms with Crippen LogP contribution in [-0.2, 0) is 15.8 Å². The molecule has 0 spiro atoms. The predicted octanol–water partition coefficient (Wildman–Crippen LogP) is 5.70. The second-order valence-corrected chi connectivity index (χ2v) is 8.55. The van der Waals surface area contributed by atoms with Crippen LogP contribution in [-0.4, -0.2) is 42.7 Å². The van der Waals surface area contributed by atoms with E-state index in [1.807, 2.05) is 0 Å². The van der Waals surface area contributed by atoms with E-state index in [0.717, 1.165) is 12.1 Å². The molecule has 0 bridgehead atoms. The Morgan fingerprint density at radius 2 is 1.76 bits per heavy atom. The molecule has 34 heavy (non-hydrogen) atoms. The highest BCUT2D eigenvalue weighted by Gasteiger charge is 2.37. The monoisotopic (exact) mass is 534 g/mol. The Kier molecular flexibility index (Phi) is 7.69. The van der Waals surface area contributed by atoms with E-state index in [1.54, 1.807) is 0 Å². The standard InChI is InChI=1S/C21H15Cl2F3N2O5S/c1-32-15-4-3-11(21(24,25)26)8-14(15)27-17(29)9-28-19(30)16(34-20(28)31)7-10-5-12(22)18(33-2)13(23)6-10/h3-8H,9H2,1-2H3,(H,27,29)/b16-7-. The fourth-order valence-electron chi connectivity index (χ4n) is 2.96. The van der Waals surface area contributed by atoms with Crippen LogP contribution >= 0.6 is 35.0 Å². The van der Waals surface area contributed by atoms with Crippen LogP contribution in [0.25, 0.3) is 6.08 Å². The van der Waals surface area contributed by atoms with Crippen molar-refractivity contribution >= 4 is 63.8 Å². The van der Waals surface area contributed by atoms with E-state index >= 15 is 0 Å². The van der Waals surface area contributed by atoms with Crippen molar-refractivity contribution in [3.05, 3.63) is 56.4 Å². The number of rotatable bonds is 6. The van der Waals surface area contributed by atoms with Crippen LogP contribution in [0.3, 0.4) is 0 Å². The van der Waals surface area contributed by atoms with E-state index in [4.69, 9.17) is 32.7 Å². The van der Waals surface area contributed by atoms with Gasteiger partial charge in [0, 0.05) is 0 Å². The normalized spacial score (nSPS) is 15.1. The van der Waals surface area contributed by atoms with Crippen molar-refractivity contribution in [1.29, 1.82) is 0 Å². The number of anilines is 1. The number of ether oxygens (including phenoxy) is 2. The molecule has 0 unspecified atom stereocenters. The number of carbonyl (C=O) groups excluding carboxylic acids is 3. The number of alkyl halides is 3. The fraction of sp³-hybridized carbons (Fsp3) is 0.190. The summed E-state index contributed by atoms with van der Waals surface area (Å²) in [6, 6.07) is 5.50. The summed E-state index contributed by atoms with van der Waals surface area (Å²) in [6.45, 7) is -0.717. The molecule has 180 valence electrons. The molecule has 2 aromatic carbocycles. The van der Waals surface area contributed by atoms with Gasteiger partial charge in [-0.25, -0.2) is 0 Å². The number of amides is 3. The van der Waals surface area contributed by atoms with Crippen LogP contribution in [0.4, 0.5) is 23.7 Å². The third kappa shape index (κ3) is 5.60. The summed E-state index contributed by atoms with van der Waals surface area (Å²) in [5, 5.41) is 1.90. The van der Waals surface area contributed by atoms with Gasteiger partial charge in [0.1, 0.15) is 12.3 Å². The Morgan fingerprint density at radius 1 is 1.12 bits per heavy atom. The highest BCUT2D eigenvalue weighted by Crippen LogP contribution is 2.38. The first-order chi connectivity index (χ1) is 15.9. The molecule has 0 atom stereocenters. The van der Waals surface area contributed by atoms with Gasteiger partial charge in [-0.15, -0.1) is 0 Å². The number of thioether (sulfide) groups is 1. The van der Waals surface area contributed by atoms with Crippen LogP contribution in [0.5, 0.6) is 11.5 Å². The summed E-state index contributed by atoms with van der Waals surface area (Å²) in [5.74, 6) is -1.43. The Bertz CT molecular complexity index is 1180. The minimum absolute atomic E-state index is 0.00625. The van der Waals surface area contributed by atoms with Crippen LogP contribution in [0.1, 0.15) is 11.1 Å². The average Bonchev–Trinajstić information content (AvgIpc) is 3.00. The molecule has 1 aliphatic heterocycles. The third-order valence-electron chi connectivity index (χ3n) is 4.50. The largest absolute Gasteiger partial charge is 0.495 e. The van der Waals surface area contributed by atoms with Crippen LogP contribution in [0.15, 0.2) is 35.2 Å². The van der Waals surface area contributed by atoms with Gasteiger partial charge >= 0.3 is 6.18 Å². The van der Waals surface area contributed by atoms with E-state index in [2.05, 4.69) is 5.32 Å². The van der Waals surface area contributed by atoms with Crippen molar-refractivity contribution in [2.45, 2.75) is 6.18 Å². The summed E-state index contributed by atoms with van der Waals surface area (Å²) in [6.07, 6.45) is -3.27. The van der Waals surface area contributed by atoms with Gasteiger partial charge in [0.05, 0.1) is 40.4 Å². The topological polar surface area (TPSA) is 84.9 Å². The number of halogens is 5. The molecule has 2 aromatic rings. The minimum atomic E-state index is -4.64. The van der Waals surface area contributed by atoms with Crippen LogP contribution in [0.2, 0.25) is 10.0 Å². The maximum atomic E-state index is 13.0. The van der Waals surface area contributed by atoms with Crippen LogP contribution in [0, 0.1) is 0 Å². The van der Waals surface area contributed by atoms with E-state index in [9.17, 15) is 27.6 Å². The Morgan fingerprint density at radius 3 is 2.32 bits per heavy atom. The predicted molar refractivity (Wildman–Crippen MR) is 122 cm³/mol. The SMILES string of the molecule is COc1ccc(C(F)(F)F)cc1NC(=O)CN1C(=O)S/C(=C\c2cc(Cl)c(OC)c(Cl)c2)C1=O. The summed E-state index contributed by atoms with van der Waals surface area (Å²) < 4.78 is 49.0. The fourth-order valence-corrected chi connectivity index (χ4v) is 4.46. The molecule has 0 aliphatic carbocycles. The first-order valence-corrected chi connectivity index (χ1v) is 10.8. The molecule has 0 aromatic heterocycles. The van der Waals surface area contributed by atoms with E-state index in [0.29, 0.717) is 28.3 Å². The molecule has 0 saturated carbocycles. The molecule has 1 aliphatic rings. The van der Waals surface area contributed by atoms with Crippen molar-refractivity contribution in [1.82, 2.24) is 4.90 Å². The second-order valence-electron chi connectivity index (χ2n) is 6.75. The van der Waals surface area contributed by atoms with Crippen LogP contribution < -0.4 is 14.8 Å². The second kappa shape index (κ2) is 10.2. The van der Waals surface area contributed by atoms with Crippen molar-refractivity contribution in [2.24, 2.45) is 0 Å². The maximum absolute atomic E-state index is 13.0. The van der Waals surface area contributed by atoms with Crippen molar-refractivity contribution in [2.75, 3.05) is 26.1 Å². The van der Waals surface area contributed by atoms with Gasteiger partial charge < -0.3 is 14.8 Å². The summed E-state index contributed by atoms with van der Waals surface area (Å²) in [7, 11) is 2.61. The number of methoxy groups -OCH3 is 2. The summed E-state index contributed by atoms with van der Waals surface area (Å²) in [4.78, 5) is 38.1. The van der Waals surface area contributed by atoms with Gasteiger partial charge in [-0.3, -0.25) is 19.3 Å². The minimum Gasteiger partial charge on any atom is -0.495 e. The quantitative estimate of drug-likeness (QED) is 0.478. The molecular formula is C21H15Cl2F3N2O5S. The van der Waals surface area contributed by atoms with Gasteiger partial charge in [-0.2, -0.15) is 13.2 Å². The number of carbonyl (C=O) groups is 3. The zero-order chi connectivity index (χ0) is 25.2. The van der Waals surface area contributed by atoms with Gasteiger partial charge in [0.15, 0.2) is 5.75 Å². The number of nitrogens with zero attached hydrogens (tertiary/aromatic N) is 1. The molecular weight excluding hydrogens is 520 g/mol. The number of benzene rings is 2. The number of hydrogen-bond donors (Lipinski definition) is 1. The highest BCUT2D eigenvalue weighted by molar-refractivity contribution is 8.18. The third-order valence-corrected chi connectivity index (χ3v) is 5.97.